The van der Waals surface area contributed by atoms with Crippen molar-refractivity contribution in [1.29, 1.82) is 0 Å². The van der Waals surface area contributed by atoms with E-state index in [0.717, 1.165) is 12.0 Å². The molecule has 128 valence electrons. The van der Waals surface area contributed by atoms with Crippen LogP contribution in [0.3, 0.4) is 0 Å². The number of benzene rings is 1. The largest absolute Gasteiger partial charge is 0.384 e. The Bertz CT molecular complexity index is 699. The number of carbonyl (C=O) groups is 1. The molecule has 1 aromatic carbocycles. The average molecular weight is 328 g/mol. The van der Waals surface area contributed by atoms with Gasteiger partial charge in [0.15, 0.2) is 0 Å². The van der Waals surface area contributed by atoms with Crippen LogP contribution in [0.2, 0.25) is 0 Å². The van der Waals surface area contributed by atoms with Crippen LogP contribution in [0.25, 0.3) is 0 Å². The van der Waals surface area contributed by atoms with Gasteiger partial charge in [-0.2, -0.15) is 0 Å². The molecule has 1 aliphatic rings. The normalized spacial score (nSPS) is 16.8. The third-order valence-electron chi connectivity index (χ3n) is 4.59. The van der Waals surface area contributed by atoms with Crippen molar-refractivity contribution in [3.05, 3.63) is 47.8 Å². The maximum Gasteiger partial charge on any atom is 0.230 e. The van der Waals surface area contributed by atoms with Crippen LogP contribution in [-0.2, 0) is 10.4 Å². The molecule has 24 heavy (non-hydrogen) atoms. The summed E-state index contributed by atoms with van der Waals surface area (Å²) in [4.78, 5) is 14.6. The van der Waals surface area contributed by atoms with Crippen molar-refractivity contribution < 1.29 is 9.90 Å². The van der Waals surface area contributed by atoms with Gasteiger partial charge < -0.3 is 10.0 Å². The van der Waals surface area contributed by atoms with E-state index in [-0.39, 0.29) is 17.9 Å². The zero-order chi connectivity index (χ0) is 17.3. The first-order valence-electron chi connectivity index (χ1n) is 8.38. The fourth-order valence-corrected chi connectivity index (χ4v) is 3.00. The Morgan fingerprint density at radius 2 is 2.00 bits per heavy atom. The predicted octanol–water partition coefficient (Wildman–Crippen LogP) is 2.08. The minimum Gasteiger partial charge on any atom is -0.384 e. The number of hydrogen-bond acceptors (Lipinski definition) is 4. The van der Waals surface area contributed by atoms with Crippen LogP contribution in [0.15, 0.2) is 36.5 Å². The highest BCUT2D eigenvalue weighted by atomic mass is 16.3. The lowest BCUT2D eigenvalue weighted by Crippen LogP contribution is -2.52. The SMILES string of the molecule is CCC(C(=O)N1CC(n2cc(C(C)(C)O)nn2)C1)c1ccccc1. The number of aromatic nitrogens is 3. The zero-order valence-corrected chi connectivity index (χ0v) is 14.4. The van der Waals surface area contributed by atoms with Gasteiger partial charge in [0.25, 0.3) is 0 Å². The van der Waals surface area contributed by atoms with Crippen molar-refractivity contribution in [1.82, 2.24) is 19.9 Å². The number of hydrogen-bond donors (Lipinski definition) is 1. The molecule has 0 saturated carbocycles. The maximum absolute atomic E-state index is 12.7. The summed E-state index contributed by atoms with van der Waals surface area (Å²) in [6.07, 6.45) is 2.55. The van der Waals surface area contributed by atoms with E-state index in [1.54, 1.807) is 24.7 Å². The first kappa shape index (κ1) is 16.6. The molecular weight excluding hydrogens is 304 g/mol. The summed E-state index contributed by atoms with van der Waals surface area (Å²) in [5.41, 5.74) is 0.611. The lowest BCUT2D eigenvalue weighted by molar-refractivity contribution is -0.139. The van der Waals surface area contributed by atoms with Crippen LogP contribution >= 0.6 is 0 Å². The van der Waals surface area contributed by atoms with Crippen LogP contribution < -0.4 is 0 Å². The summed E-state index contributed by atoms with van der Waals surface area (Å²) in [5, 5.41) is 18.1. The third kappa shape index (κ3) is 3.19. The molecule has 1 fully saturated rings. The average Bonchev–Trinajstić information content (AvgIpc) is 2.97. The van der Waals surface area contributed by atoms with E-state index in [9.17, 15) is 9.90 Å². The molecule has 0 bridgehead atoms. The van der Waals surface area contributed by atoms with Crippen LogP contribution in [0.5, 0.6) is 0 Å². The second-order valence-electron chi connectivity index (χ2n) is 6.91. The molecule has 3 rings (SSSR count). The van der Waals surface area contributed by atoms with Gasteiger partial charge in [0.2, 0.25) is 5.91 Å². The third-order valence-corrected chi connectivity index (χ3v) is 4.59. The van der Waals surface area contributed by atoms with Gasteiger partial charge in [0.05, 0.1) is 18.2 Å². The summed E-state index contributed by atoms with van der Waals surface area (Å²) in [6.45, 7) is 6.68. The van der Waals surface area contributed by atoms with E-state index < -0.39 is 5.60 Å². The van der Waals surface area contributed by atoms with Gasteiger partial charge in [-0.3, -0.25) is 4.79 Å². The molecule has 2 heterocycles. The molecule has 1 N–H and O–H groups in total. The van der Waals surface area contributed by atoms with Crippen LogP contribution in [0.4, 0.5) is 0 Å². The summed E-state index contributed by atoms with van der Waals surface area (Å²) >= 11 is 0. The van der Waals surface area contributed by atoms with Crippen molar-refractivity contribution in [3.8, 4) is 0 Å². The molecule has 0 aliphatic carbocycles. The highest BCUT2D eigenvalue weighted by Crippen LogP contribution is 2.29. The Morgan fingerprint density at radius 3 is 2.54 bits per heavy atom. The monoisotopic (exact) mass is 328 g/mol. The first-order chi connectivity index (χ1) is 11.4. The Hall–Kier alpha value is -2.21. The lowest BCUT2D eigenvalue weighted by Gasteiger charge is -2.40. The van der Waals surface area contributed by atoms with Crippen LogP contribution in [0.1, 0.15) is 50.4 Å². The molecule has 1 saturated heterocycles. The van der Waals surface area contributed by atoms with Crippen molar-refractivity contribution in [3.63, 3.8) is 0 Å². The number of carbonyl (C=O) groups excluding carboxylic acids is 1. The lowest BCUT2D eigenvalue weighted by atomic mass is 9.93. The molecule has 2 aromatic rings. The number of nitrogens with zero attached hydrogens (tertiary/aromatic N) is 4. The molecule has 6 nitrogen and oxygen atoms in total. The minimum absolute atomic E-state index is 0.0881. The fourth-order valence-electron chi connectivity index (χ4n) is 3.00. The molecular formula is C18H24N4O2. The fraction of sp³-hybridized carbons (Fsp3) is 0.500. The van der Waals surface area contributed by atoms with Gasteiger partial charge in [0.1, 0.15) is 11.3 Å². The van der Waals surface area contributed by atoms with Crippen molar-refractivity contribution >= 4 is 5.91 Å². The number of likely N-dealkylation sites (tertiary alicyclic amines) is 1. The Balaban J connectivity index is 1.63. The Labute approximate surface area is 142 Å². The van der Waals surface area contributed by atoms with Gasteiger partial charge >= 0.3 is 0 Å². The molecule has 1 amide bonds. The van der Waals surface area contributed by atoms with Gasteiger partial charge in [-0.1, -0.05) is 42.5 Å². The molecule has 1 atom stereocenters. The van der Waals surface area contributed by atoms with E-state index in [0.29, 0.717) is 18.8 Å². The first-order valence-corrected chi connectivity index (χ1v) is 8.38. The number of amides is 1. The smallest absolute Gasteiger partial charge is 0.230 e. The number of rotatable bonds is 5. The zero-order valence-electron chi connectivity index (χ0n) is 14.4. The van der Waals surface area contributed by atoms with E-state index in [1.807, 2.05) is 42.2 Å². The highest BCUT2D eigenvalue weighted by Gasteiger charge is 2.36. The van der Waals surface area contributed by atoms with Crippen molar-refractivity contribution in [2.45, 2.75) is 44.8 Å². The highest BCUT2D eigenvalue weighted by molar-refractivity contribution is 5.84. The van der Waals surface area contributed by atoms with E-state index in [1.165, 1.54) is 0 Å². The topological polar surface area (TPSA) is 71.2 Å². The van der Waals surface area contributed by atoms with E-state index in [2.05, 4.69) is 10.3 Å². The summed E-state index contributed by atoms with van der Waals surface area (Å²) in [5.74, 6) is 0.0811. The Kier molecular flexibility index (Phi) is 4.41. The second kappa shape index (κ2) is 6.36. The Morgan fingerprint density at radius 1 is 1.33 bits per heavy atom. The van der Waals surface area contributed by atoms with Crippen molar-refractivity contribution in [2.24, 2.45) is 0 Å². The molecule has 1 unspecified atom stereocenters. The van der Waals surface area contributed by atoms with Crippen molar-refractivity contribution in [2.75, 3.05) is 13.1 Å². The van der Waals surface area contributed by atoms with Gasteiger partial charge in [-0.05, 0) is 25.8 Å². The van der Waals surface area contributed by atoms with Gasteiger partial charge in [0, 0.05) is 13.1 Å². The van der Waals surface area contributed by atoms with E-state index in [4.69, 9.17) is 0 Å². The molecule has 6 heteroatoms. The predicted molar refractivity (Wildman–Crippen MR) is 90.4 cm³/mol. The second-order valence-corrected chi connectivity index (χ2v) is 6.91. The van der Waals surface area contributed by atoms with Gasteiger partial charge in [-0.25, -0.2) is 4.68 Å². The quantitative estimate of drug-likeness (QED) is 0.912. The molecule has 1 aliphatic heterocycles. The summed E-state index contributed by atoms with van der Waals surface area (Å²) in [6, 6.07) is 10.1. The van der Waals surface area contributed by atoms with Gasteiger partial charge in [-0.15, -0.1) is 5.10 Å². The summed E-state index contributed by atoms with van der Waals surface area (Å²) < 4.78 is 1.75. The molecule has 0 spiro atoms. The van der Waals surface area contributed by atoms with Crippen LogP contribution in [0, 0.1) is 0 Å². The summed E-state index contributed by atoms with van der Waals surface area (Å²) in [7, 11) is 0. The van der Waals surface area contributed by atoms with E-state index >= 15 is 0 Å². The number of aliphatic hydroxyl groups is 1. The maximum atomic E-state index is 12.7. The van der Waals surface area contributed by atoms with Crippen LogP contribution in [-0.4, -0.2) is 44.0 Å². The molecule has 1 aromatic heterocycles. The standard InChI is InChI=1S/C18H24N4O2/c1-4-15(13-8-6-5-7-9-13)17(23)21-10-14(11-21)22-12-16(19-20-22)18(2,3)24/h5-9,12,14-15,24H,4,10-11H2,1-3H3. The minimum atomic E-state index is -1.00. The molecule has 0 radical (unpaired) electrons.